The smallest absolute Gasteiger partial charge is 0.226 e. The molecule has 1 amide bonds. The molecule has 0 saturated carbocycles. The summed E-state index contributed by atoms with van der Waals surface area (Å²) in [7, 11) is 0. The third-order valence-electron chi connectivity index (χ3n) is 5.90. The summed E-state index contributed by atoms with van der Waals surface area (Å²) in [6.07, 6.45) is 3.91. The largest absolute Gasteiger partial charge is 0.441 e. The van der Waals surface area contributed by atoms with E-state index in [0.717, 1.165) is 28.8 Å². The number of nitrogens with zero attached hydrogens (tertiary/aromatic N) is 3. The molecule has 0 unspecified atom stereocenters. The molecule has 0 atom stereocenters. The van der Waals surface area contributed by atoms with Gasteiger partial charge in [-0.25, -0.2) is 4.98 Å². The van der Waals surface area contributed by atoms with Crippen LogP contribution in [-0.2, 0) is 24.3 Å². The number of oxazole rings is 1. The van der Waals surface area contributed by atoms with Crippen molar-refractivity contribution in [1.82, 2.24) is 20.1 Å². The van der Waals surface area contributed by atoms with Crippen molar-refractivity contribution in [3.05, 3.63) is 120 Å². The van der Waals surface area contributed by atoms with Gasteiger partial charge in [0.2, 0.25) is 11.8 Å². The van der Waals surface area contributed by atoms with Gasteiger partial charge in [0.15, 0.2) is 0 Å². The second-order valence-electron chi connectivity index (χ2n) is 8.40. The van der Waals surface area contributed by atoms with Crippen molar-refractivity contribution >= 4 is 5.91 Å². The van der Waals surface area contributed by atoms with E-state index in [1.54, 1.807) is 6.20 Å². The standard InChI is InChI=1S/C29H26N4O2/c1-21-27(32-29(35-21)24-8-3-2-4-9-24)18-28(34)30-19-25-10-5-6-11-26(25)23-14-12-22(13-15-23)20-33-17-7-16-31-33/h2-17H,18-20H2,1H3,(H,30,34). The molecule has 0 aliphatic heterocycles. The molecule has 3 aromatic carbocycles. The summed E-state index contributed by atoms with van der Waals surface area (Å²) in [5.74, 6) is 1.10. The number of aromatic nitrogens is 3. The van der Waals surface area contributed by atoms with Gasteiger partial charge in [-0.1, -0.05) is 66.7 Å². The van der Waals surface area contributed by atoms with E-state index in [1.165, 1.54) is 5.56 Å². The number of benzene rings is 3. The Morgan fingerprint density at radius 1 is 0.914 bits per heavy atom. The molecule has 1 N–H and O–H groups in total. The first-order chi connectivity index (χ1) is 17.2. The van der Waals surface area contributed by atoms with E-state index in [2.05, 4.69) is 45.7 Å². The number of hydrogen-bond acceptors (Lipinski definition) is 4. The molecule has 6 heteroatoms. The van der Waals surface area contributed by atoms with Crippen LogP contribution >= 0.6 is 0 Å². The summed E-state index contributed by atoms with van der Waals surface area (Å²) in [6, 6.07) is 28.2. The lowest BCUT2D eigenvalue weighted by Gasteiger charge is -2.12. The van der Waals surface area contributed by atoms with Gasteiger partial charge in [0.1, 0.15) is 5.76 Å². The Morgan fingerprint density at radius 3 is 2.46 bits per heavy atom. The van der Waals surface area contributed by atoms with Crippen molar-refractivity contribution < 1.29 is 9.21 Å². The average molecular weight is 463 g/mol. The SMILES string of the molecule is Cc1oc(-c2ccccc2)nc1CC(=O)NCc1ccccc1-c1ccc(Cn2cccn2)cc1. The quantitative estimate of drug-likeness (QED) is 0.334. The highest BCUT2D eigenvalue weighted by molar-refractivity contribution is 5.79. The van der Waals surface area contributed by atoms with Crippen molar-refractivity contribution in [2.45, 2.75) is 26.4 Å². The van der Waals surface area contributed by atoms with Crippen LogP contribution in [0.15, 0.2) is 102 Å². The number of hydrogen-bond donors (Lipinski definition) is 1. The summed E-state index contributed by atoms with van der Waals surface area (Å²) in [5, 5.41) is 7.31. The second-order valence-corrected chi connectivity index (χ2v) is 8.40. The lowest BCUT2D eigenvalue weighted by atomic mass is 9.98. The molecule has 0 radical (unpaired) electrons. The number of amides is 1. The van der Waals surface area contributed by atoms with E-state index in [1.807, 2.05) is 72.4 Å². The molecule has 5 aromatic rings. The minimum Gasteiger partial charge on any atom is -0.441 e. The maximum atomic E-state index is 12.7. The van der Waals surface area contributed by atoms with Gasteiger partial charge in [-0.2, -0.15) is 5.10 Å². The van der Waals surface area contributed by atoms with Crippen LogP contribution in [0.5, 0.6) is 0 Å². The first-order valence-electron chi connectivity index (χ1n) is 11.6. The van der Waals surface area contributed by atoms with Crippen LogP contribution in [0.4, 0.5) is 0 Å². The fourth-order valence-electron chi connectivity index (χ4n) is 4.03. The van der Waals surface area contributed by atoms with E-state index in [4.69, 9.17) is 4.42 Å². The predicted octanol–water partition coefficient (Wildman–Crippen LogP) is 5.42. The Hall–Kier alpha value is -4.45. The van der Waals surface area contributed by atoms with Crippen LogP contribution in [-0.4, -0.2) is 20.7 Å². The average Bonchev–Trinajstić information content (AvgIpc) is 3.54. The van der Waals surface area contributed by atoms with Crippen molar-refractivity contribution in [3.8, 4) is 22.6 Å². The molecular formula is C29H26N4O2. The van der Waals surface area contributed by atoms with Gasteiger partial charge >= 0.3 is 0 Å². The first kappa shape index (κ1) is 22.3. The molecule has 0 saturated heterocycles. The second kappa shape index (κ2) is 10.2. The summed E-state index contributed by atoms with van der Waals surface area (Å²) in [5.41, 5.74) is 6.00. The molecule has 0 bridgehead atoms. The van der Waals surface area contributed by atoms with E-state index in [-0.39, 0.29) is 12.3 Å². The van der Waals surface area contributed by atoms with Crippen LogP contribution in [0.25, 0.3) is 22.6 Å². The van der Waals surface area contributed by atoms with Crippen LogP contribution in [0.3, 0.4) is 0 Å². The Labute approximate surface area is 204 Å². The molecule has 2 heterocycles. The molecule has 0 aliphatic rings. The Morgan fingerprint density at radius 2 is 1.69 bits per heavy atom. The molecule has 5 rings (SSSR count). The lowest BCUT2D eigenvalue weighted by Crippen LogP contribution is -2.25. The Bertz CT molecular complexity index is 1410. The van der Waals surface area contributed by atoms with Crippen LogP contribution in [0.2, 0.25) is 0 Å². The maximum Gasteiger partial charge on any atom is 0.226 e. The van der Waals surface area contributed by atoms with E-state index >= 15 is 0 Å². The van der Waals surface area contributed by atoms with Crippen LogP contribution < -0.4 is 5.32 Å². The van der Waals surface area contributed by atoms with E-state index < -0.39 is 0 Å². The van der Waals surface area contributed by atoms with Gasteiger partial charge in [-0.3, -0.25) is 9.48 Å². The van der Waals surface area contributed by atoms with Gasteiger partial charge in [-0.15, -0.1) is 0 Å². The minimum atomic E-state index is -0.0922. The summed E-state index contributed by atoms with van der Waals surface area (Å²) >= 11 is 0. The third kappa shape index (κ3) is 5.38. The zero-order valence-corrected chi connectivity index (χ0v) is 19.5. The zero-order valence-electron chi connectivity index (χ0n) is 19.5. The highest BCUT2D eigenvalue weighted by Crippen LogP contribution is 2.25. The zero-order chi connectivity index (χ0) is 24.0. The summed E-state index contributed by atoms with van der Waals surface area (Å²) < 4.78 is 7.69. The van der Waals surface area contributed by atoms with E-state index in [9.17, 15) is 4.79 Å². The molecule has 35 heavy (non-hydrogen) atoms. The number of aryl methyl sites for hydroxylation is 1. The fourth-order valence-corrected chi connectivity index (χ4v) is 4.03. The molecule has 0 aliphatic carbocycles. The van der Waals surface area contributed by atoms with Crippen molar-refractivity contribution in [1.29, 1.82) is 0 Å². The van der Waals surface area contributed by atoms with Crippen LogP contribution in [0, 0.1) is 6.92 Å². The van der Waals surface area contributed by atoms with Crippen molar-refractivity contribution in [2.75, 3.05) is 0 Å². The maximum absolute atomic E-state index is 12.7. The highest BCUT2D eigenvalue weighted by atomic mass is 16.4. The van der Waals surface area contributed by atoms with Gasteiger partial charge in [0, 0.05) is 24.5 Å². The van der Waals surface area contributed by atoms with Crippen molar-refractivity contribution in [2.24, 2.45) is 0 Å². The normalized spacial score (nSPS) is 10.9. The first-order valence-corrected chi connectivity index (χ1v) is 11.6. The fraction of sp³-hybridized carbons (Fsp3) is 0.138. The van der Waals surface area contributed by atoms with Gasteiger partial charge in [0.05, 0.1) is 18.7 Å². The predicted molar refractivity (Wildman–Crippen MR) is 135 cm³/mol. The summed E-state index contributed by atoms with van der Waals surface area (Å²) in [6.45, 7) is 3.01. The number of carbonyl (C=O) groups excluding carboxylic acids is 1. The molecule has 6 nitrogen and oxygen atoms in total. The number of nitrogens with one attached hydrogen (secondary N) is 1. The Balaban J connectivity index is 1.24. The number of carbonyl (C=O) groups is 1. The van der Waals surface area contributed by atoms with Crippen LogP contribution in [0.1, 0.15) is 22.6 Å². The Kier molecular flexibility index (Phi) is 6.52. The van der Waals surface area contributed by atoms with Crippen molar-refractivity contribution in [3.63, 3.8) is 0 Å². The molecule has 0 spiro atoms. The van der Waals surface area contributed by atoms with Gasteiger partial charge in [0.25, 0.3) is 0 Å². The van der Waals surface area contributed by atoms with Gasteiger partial charge < -0.3 is 9.73 Å². The third-order valence-corrected chi connectivity index (χ3v) is 5.90. The molecule has 2 aromatic heterocycles. The molecule has 174 valence electrons. The topological polar surface area (TPSA) is 73.0 Å². The molecule has 0 fully saturated rings. The monoisotopic (exact) mass is 462 g/mol. The van der Waals surface area contributed by atoms with Gasteiger partial charge in [-0.05, 0) is 47.4 Å². The lowest BCUT2D eigenvalue weighted by molar-refractivity contribution is -0.120. The van der Waals surface area contributed by atoms with E-state index in [0.29, 0.717) is 23.9 Å². The molecular weight excluding hydrogens is 436 g/mol. The number of rotatable bonds is 8. The summed E-state index contributed by atoms with van der Waals surface area (Å²) in [4.78, 5) is 17.3. The highest BCUT2D eigenvalue weighted by Gasteiger charge is 2.15. The minimum absolute atomic E-state index is 0.0922.